The van der Waals surface area contributed by atoms with Crippen LogP contribution in [0.5, 0.6) is 0 Å². The van der Waals surface area contributed by atoms with Gasteiger partial charge >= 0.3 is 0 Å². The number of hydrogen-bond donors (Lipinski definition) is 2. The van der Waals surface area contributed by atoms with Crippen molar-refractivity contribution < 1.29 is 17.2 Å². The van der Waals surface area contributed by atoms with Crippen LogP contribution in [0.25, 0.3) is 0 Å². The summed E-state index contributed by atoms with van der Waals surface area (Å²) in [5.41, 5.74) is -0.196. The zero-order valence-electron chi connectivity index (χ0n) is 11.2. The molecule has 0 aromatic heterocycles. The van der Waals surface area contributed by atoms with Gasteiger partial charge in [-0.2, -0.15) is 0 Å². The van der Waals surface area contributed by atoms with E-state index in [1.54, 1.807) is 0 Å². The molecule has 1 aliphatic heterocycles. The lowest BCUT2D eigenvalue weighted by molar-refractivity contribution is 0.404. The summed E-state index contributed by atoms with van der Waals surface area (Å²) in [7, 11) is -3.68. The first-order valence-electron chi connectivity index (χ1n) is 6.54. The SMILES string of the molecule is Cc1cc(F)c(NS(=O)(=O)CC2CCCNC2)cc1F. The molecule has 0 bridgehead atoms. The third kappa shape index (κ3) is 3.89. The second-order valence-corrected chi connectivity index (χ2v) is 6.94. The largest absolute Gasteiger partial charge is 0.316 e. The van der Waals surface area contributed by atoms with Crippen LogP contribution in [0.15, 0.2) is 12.1 Å². The third-order valence-corrected chi connectivity index (χ3v) is 4.81. The van der Waals surface area contributed by atoms with Gasteiger partial charge in [-0.3, -0.25) is 4.72 Å². The Hall–Kier alpha value is -1.21. The van der Waals surface area contributed by atoms with Crippen molar-refractivity contribution in [3.05, 3.63) is 29.3 Å². The van der Waals surface area contributed by atoms with E-state index in [0.717, 1.165) is 31.5 Å². The Bertz CT molecular complexity index is 584. The number of halogens is 2. The Morgan fingerprint density at radius 1 is 1.35 bits per heavy atom. The van der Waals surface area contributed by atoms with Crippen molar-refractivity contribution in [1.29, 1.82) is 0 Å². The number of sulfonamides is 1. The highest BCUT2D eigenvalue weighted by Gasteiger charge is 2.22. The van der Waals surface area contributed by atoms with Crippen LogP contribution in [-0.4, -0.2) is 27.3 Å². The fourth-order valence-electron chi connectivity index (χ4n) is 2.31. The maximum absolute atomic E-state index is 13.6. The monoisotopic (exact) mass is 304 g/mol. The smallest absolute Gasteiger partial charge is 0.233 e. The van der Waals surface area contributed by atoms with Crippen LogP contribution >= 0.6 is 0 Å². The molecule has 1 fully saturated rings. The quantitative estimate of drug-likeness (QED) is 0.894. The fraction of sp³-hybridized carbons (Fsp3) is 0.538. The number of aryl methyl sites for hydroxylation is 1. The highest BCUT2D eigenvalue weighted by atomic mass is 32.2. The van der Waals surface area contributed by atoms with E-state index in [1.165, 1.54) is 6.92 Å². The molecule has 1 aromatic carbocycles. The zero-order chi connectivity index (χ0) is 14.8. The van der Waals surface area contributed by atoms with E-state index in [-0.39, 0.29) is 22.9 Å². The van der Waals surface area contributed by atoms with Gasteiger partial charge in [-0.1, -0.05) is 0 Å². The van der Waals surface area contributed by atoms with Crippen LogP contribution in [0.4, 0.5) is 14.5 Å². The molecule has 7 heteroatoms. The molecule has 2 rings (SSSR count). The molecule has 0 amide bonds. The second kappa shape index (κ2) is 6.05. The maximum atomic E-state index is 13.6. The Morgan fingerprint density at radius 3 is 2.75 bits per heavy atom. The van der Waals surface area contributed by atoms with Gasteiger partial charge < -0.3 is 5.32 Å². The van der Waals surface area contributed by atoms with Gasteiger partial charge in [0, 0.05) is 6.07 Å². The average molecular weight is 304 g/mol. The third-order valence-electron chi connectivity index (χ3n) is 3.37. The van der Waals surface area contributed by atoms with Crippen LogP contribution in [0.1, 0.15) is 18.4 Å². The Labute approximate surface area is 117 Å². The standard InChI is InChI=1S/C13H18F2N2O2S/c1-9-5-12(15)13(6-11(9)14)17-20(18,19)8-10-3-2-4-16-7-10/h5-6,10,16-17H,2-4,7-8H2,1H3. The first kappa shape index (κ1) is 15.2. The molecule has 2 N–H and O–H groups in total. The summed E-state index contributed by atoms with van der Waals surface area (Å²) >= 11 is 0. The lowest BCUT2D eigenvalue weighted by Gasteiger charge is -2.22. The molecule has 20 heavy (non-hydrogen) atoms. The Balaban J connectivity index is 2.09. The average Bonchev–Trinajstić information content (AvgIpc) is 2.36. The molecule has 0 aliphatic carbocycles. The summed E-state index contributed by atoms with van der Waals surface area (Å²) in [4.78, 5) is 0. The van der Waals surface area contributed by atoms with Gasteiger partial charge in [0.2, 0.25) is 10.0 Å². The minimum absolute atomic E-state index is 0.000364. The summed E-state index contributed by atoms with van der Waals surface area (Å²) < 4.78 is 53.1. The molecule has 0 saturated carbocycles. The van der Waals surface area contributed by atoms with Gasteiger partial charge in [-0.25, -0.2) is 17.2 Å². The number of benzene rings is 1. The maximum Gasteiger partial charge on any atom is 0.233 e. The summed E-state index contributed by atoms with van der Waals surface area (Å²) in [5.74, 6) is -1.49. The highest BCUT2D eigenvalue weighted by molar-refractivity contribution is 7.92. The van der Waals surface area contributed by atoms with Gasteiger partial charge in [-0.15, -0.1) is 0 Å². The lowest BCUT2D eigenvalue weighted by Crippen LogP contribution is -2.35. The van der Waals surface area contributed by atoms with Crippen molar-refractivity contribution in [1.82, 2.24) is 5.32 Å². The van der Waals surface area contributed by atoms with Crippen molar-refractivity contribution in [2.45, 2.75) is 19.8 Å². The molecule has 1 heterocycles. The van der Waals surface area contributed by atoms with Gasteiger partial charge in [-0.05, 0) is 50.4 Å². The van der Waals surface area contributed by atoms with Crippen LogP contribution in [0.2, 0.25) is 0 Å². The molecule has 1 aliphatic rings. The predicted molar refractivity (Wildman–Crippen MR) is 74.1 cm³/mol. The van der Waals surface area contributed by atoms with E-state index in [9.17, 15) is 17.2 Å². The van der Waals surface area contributed by atoms with Gasteiger partial charge in [0.1, 0.15) is 11.6 Å². The van der Waals surface area contributed by atoms with Crippen molar-refractivity contribution >= 4 is 15.7 Å². The second-order valence-electron chi connectivity index (χ2n) is 5.18. The van der Waals surface area contributed by atoms with Crippen LogP contribution in [0.3, 0.4) is 0 Å². The van der Waals surface area contributed by atoms with Crippen LogP contribution < -0.4 is 10.0 Å². The van der Waals surface area contributed by atoms with E-state index < -0.39 is 21.7 Å². The van der Waals surface area contributed by atoms with Gasteiger partial charge in [0.05, 0.1) is 11.4 Å². The zero-order valence-corrected chi connectivity index (χ0v) is 12.1. The number of rotatable bonds is 4. The van der Waals surface area contributed by atoms with Crippen molar-refractivity contribution in [2.75, 3.05) is 23.6 Å². The van der Waals surface area contributed by atoms with Gasteiger partial charge in [0.15, 0.2) is 0 Å². The number of anilines is 1. The molecule has 1 atom stereocenters. The molecule has 0 radical (unpaired) electrons. The molecule has 0 spiro atoms. The minimum Gasteiger partial charge on any atom is -0.316 e. The summed E-state index contributed by atoms with van der Waals surface area (Å²) in [6.45, 7) is 2.94. The van der Waals surface area contributed by atoms with E-state index in [4.69, 9.17) is 0 Å². The topological polar surface area (TPSA) is 58.2 Å². The lowest BCUT2D eigenvalue weighted by atomic mass is 10.0. The summed E-state index contributed by atoms with van der Waals surface area (Å²) in [5, 5.41) is 3.12. The van der Waals surface area contributed by atoms with Crippen molar-refractivity contribution in [3.8, 4) is 0 Å². The molecular weight excluding hydrogens is 286 g/mol. The highest BCUT2D eigenvalue weighted by Crippen LogP contribution is 2.21. The molecule has 1 aromatic rings. The fourth-order valence-corrected chi connectivity index (χ4v) is 3.79. The number of nitrogens with one attached hydrogen (secondary N) is 2. The number of hydrogen-bond acceptors (Lipinski definition) is 3. The van der Waals surface area contributed by atoms with Crippen molar-refractivity contribution in [3.63, 3.8) is 0 Å². The number of piperidine rings is 1. The molecule has 4 nitrogen and oxygen atoms in total. The minimum atomic E-state index is -3.68. The van der Waals surface area contributed by atoms with Gasteiger partial charge in [0.25, 0.3) is 0 Å². The van der Waals surface area contributed by atoms with E-state index in [0.29, 0.717) is 6.54 Å². The molecular formula is C13H18F2N2O2S. The molecule has 112 valence electrons. The summed E-state index contributed by atoms with van der Waals surface area (Å²) in [6.07, 6.45) is 1.74. The van der Waals surface area contributed by atoms with Crippen LogP contribution in [-0.2, 0) is 10.0 Å². The van der Waals surface area contributed by atoms with Crippen molar-refractivity contribution in [2.24, 2.45) is 5.92 Å². The molecule has 1 unspecified atom stereocenters. The van der Waals surface area contributed by atoms with E-state index >= 15 is 0 Å². The first-order valence-corrected chi connectivity index (χ1v) is 8.19. The predicted octanol–water partition coefficient (Wildman–Crippen LogP) is 2.01. The van der Waals surface area contributed by atoms with Crippen LogP contribution in [0, 0.1) is 24.5 Å². The summed E-state index contributed by atoms with van der Waals surface area (Å²) in [6, 6.07) is 1.86. The Morgan fingerprint density at radius 2 is 2.10 bits per heavy atom. The van der Waals surface area contributed by atoms with E-state index in [1.807, 2.05) is 0 Å². The molecule has 1 saturated heterocycles. The normalized spacial score (nSPS) is 19.9. The first-order chi connectivity index (χ1) is 9.37. The Kier molecular flexibility index (Phi) is 4.59. The van der Waals surface area contributed by atoms with E-state index in [2.05, 4.69) is 10.0 Å².